The van der Waals surface area contributed by atoms with Crippen molar-refractivity contribution in [2.75, 3.05) is 19.6 Å². The van der Waals surface area contributed by atoms with Crippen molar-refractivity contribution in [1.82, 2.24) is 4.90 Å². The Balaban J connectivity index is 2.60. The summed E-state index contributed by atoms with van der Waals surface area (Å²) >= 11 is 0. The SMILES string of the molecule is CCC(C)CN(CC)Cc1ccc(C(C)CN)cc1. The molecule has 0 aliphatic rings. The molecule has 0 aromatic heterocycles. The van der Waals surface area contributed by atoms with Crippen molar-refractivity contribution in [3.8, 4) is 0 Å². The van der Waals surface area contributed by atoms with Gasteiger partial charge in [0, 0.05) is 13.1 Å². The highest BCUT2D eigenvalue weighted by Gasteiger charge is 2.08. The monoisotopic (exact) mass is 262 g/mol. The zero-order valence-corrected chi connectivity index (χ0v) is 13.0. The lowest BCUT2D eigenvalue weighted by atomic mass is 10.00. The standard InChI is InChI=1S/C17H30N2/c1-5-14(3)12-19(6-2)13-16-7-9-17(10-8-16)15(4)11-18/h7-10,14-15H,5-6,11-13,18H2,1-4H3. The Labute approximate surface area is 119 Å². The summed E-state index contributed by atoms with van der Waals surface area (Å²) in [5, 5.41) is 0. The van der Waals surface area contributed by atoms with Crippen LogP contribution in [0, 0.1) is 5.92 Å². The third-order valence-corrected chi connectivity index (χ3v) is 4.02. The maximum Gasteiger partial charge on any atom is 0.0233 e. The maximum absolute atomic E-state index is 5.71. The number of rotatable bonds is 8. The van der Waals surface area contributed by atoms with Gasteiger partial charge in [-0.25, -0.2) is 0 Å². The molecular formula is C17H30N2. The zero-order valence-electron chi connectivity index (χ0n) is 13.0. The number of nitrogens with two attached hydrogens (primary N) is 1. The van der Waals surface area contributed by atoms with Crippen molar-refractivity contribution in [3.05, 3.63) is 35.4 Å². The molecule has 1 rings (SSSR count). The zero-order chi connectivity index (χ0) is 14.3. The highest BCUT2D eigenvalue weighted by molar-refractivity contribution is 5.25. The minimum absolute atomic E-state index is 0.455. The molecule has 2 N–H and O–H groups in total. The smallest absolute Gasteiger partial charge is 0.0233 e. The summed E-state index contributed by atoms with van der Waals surface area (Å²) in [6.07, 6.45) is 1.25. The minimum Gasteiger partial charge on any atom is -0.330 e. The molecule has 2 unspecified atom stereocenters. The van der Waals surface area contributed by atoms with E-state index in [1.165, 1.54) is 24.1 Å². The summed E-state index contributed by atoms with van der Waals surface area (Å²) in [5.41, 5.74) is 8.45. The van der Waals surface area contributed by atoms with Gasteiger partial charge in [-0.1, -0.05) is 58.4 Å². The third kappa shape index (κ3) is 5.33. The first-order chi connectivity index (χ1) is 9.10. The predicted octanol–water partition coefficient (Wildman–Crippen LogP) is 3.62. The van der Waals surface area contributed by atoms with Crippen molar-refractivity contribution in [3.63, 3.8) is 0 Å². The molecule has 0 radical (unpaired) electrons. The normalized spacial score (nSPS) is 14.6. The Morgan fingerprint density at radius 2 is 1.74 bits per heavy atom. The van der Waals surface area contributed by atoms with E-state index in [1.807, 2.05) is 0 Å². The number of nitrogens with zero attached hydrogens (tertiary/aromatic N) is 1. The first kappa shape index (κ1) is 16.2. The van der Waals surface area contributed by atoms with E-state index in [4.69, 9.17) is 5.73 Å². The first-order valence-electron chi connectivity index (χ1n) is 7.61. The van der Waals surface area contributed by atoms with Crippen molar-refractivity contribution in [2.45, 2.75) is 46.6 Å². The molecule has 0 aliphatic carbocycles. The fourth-order valence-corrected chi connectivity index (χ4v) is 2.22. The summed E-state index contributed by atoms with van der Waals surface area (Å²) in [6.45, 7) is 13.1. The molecule has 0 heterocycles. The van der Waals surface area contributed by atoms with E-state index in [2.05, 4.69) is 56.9 Å². The van der Waals surface area contributed by atoms with E-state index < -0.39 is 0 Å². The average Bonchev–Trinajstić information content (AvgIpc) is 2.46. The van der Waals surface area contributed by atoms with Gasteiger partial charge in [0.15, 0.2) is 0 Å². The van der Waals surface area contributed by atoms with Crippen LogP contribution in [0.15, 0.2) is 24.3 Å². The molecule has 2 atom stereocenters. The third-order valence-electron chi connectivity index (χ3n) is 4.02. The molecule has 0 spiro atoms. The summed E-state index contributed by atoms with van der Waals surface area (Å²) < 4.78 is 0. The average molecular weight is 262 g/mol. The van der Waals surface area contributed by atoms with Gasteiger partial charge in [-0.3, -0.25) is 4.90 Å². The molecule has 1 aromatic carbocycles. The molecule has 0 amide bonds. The van der Waals surface area contributed by atoms with Crippen LogP contribution in [-0.4, -0.2) is 24.5 Å². The van der Waals surface area contributed by atoms with Crippen molar-refractivity contribution in [2.24, 2.45) is 11.7 Å². The van der Waals surface area contributed by atoms with E-state index in [0.29, 0.717) is 12.5 Å². The van der Waals surface area contributed by atoms with Gasteiger partial charge in [-0.05, 0) is 36.1 Å². The summed E-state index contributed by atoms with van der Waals surface area (Å²) in [5.74, 6) is 1.23. The lowest BCUT2D eigenvalue weighted by Gasteiger charge is -2.24. The highest BCUT2D eigenvalue weighted by atomic mass is 15.1. The quantitative estimate of drug-likeness (QED) is 0.775. The predicted molar refractivity (Wildman–Crippen MR) is 84.3 cm³/mol. The largest absolute Gasteiger partial charge is 0.330 e. The lowest BCUT2D eigenvalue weighted by molar-refractivity contribution is 0.238. The Morgan fingerprint density at radius 3 is 2.21 bits per heavy atom. The minimum atomic E-state index is 0.455. The van der Waals surface area contributed by atoms with Gasteiger partial charge in [-0.15, -0.1) is 0 Å². The second kappa shape index (κ2) is 8.34. The molecular weight excluding hydrogens is 232 g/mol. The second-order valence-electron chi connectivity index (χ2n) is 5.72. The van der Waals surface area contributed by atoms with E-state index in [9.17, 15) is 0 Å². The number of hydrogen-bond acceptors (Lipinski definition) is 2. The van der Waals surface area contributed by atoms with Crippen LogP contribution in [0.3, 0.4) is 0 Å². The van der Waals surface area contributed by atoms with Gasteiger partial charge in [0.1, 0.15) is 0 Å². The molecule has 1 aromatic rings. The fraction of sp³-hybridized carbons (Fsp3) is 0.647. The van der Waals surface area contributed by atoms with Crippen LogP contribution in [-0.2, 0) is 6.54 Å². The molecule has 19 heavy (non-hydrogen) atoms. The summed E-state index contributed by atoms with van der Waals surface area (Å²) in [6, 6.07) is 8.95. The molecule has 0 bridgehead atoms. The Morgan fingerprint density at radius 1 is 1.11 bits per heavy atom. The van der Waals surface area contributed by atoms with Gasteiger partial charge in [0.25, 0.3) is 0 Å². The molecule has 0 saturated carbocycles. The van der Waals surface area contributed by atoms with Crippen molar-refractivity contribution in [1.29, 1.82) is 0 Å². The topological polar surface area (TPSA) is 29.3 Å². The van der Waals surface area contributed by atoms with Crippen LogP contribution in [0.1, 0.15) is 51.2 Å². The van der Waals surface area contributed by atoms with Crippen LogP contribution < -0.4 is 5.73 Å². The molecule has 0 fully saturated rings. The van der Waals surface area contributed by atoms with Gasteiger partial charge >= 0.3 is 0 Å². The lowest BCUT2D eigenvalue weighted by Crippen LogP contribution is -2.27. The van der Waals surface area contributed by atoms with Gasteiger partial charge < -0.3 is 5.73 Å². The number of benzene rings is 1. The van der Waals surface area contributed by atoms with Crippen molar-refractivity contribution < 1.29 is 0 Å². The van der Waals surface area contributed by atoms with E-state index >= 15 is 0 Å². The number of hydrogen-bond donors (Lipinski definition) is 1. The first-order valence-corrected chi connectivity index (χ1v) is 7.61. The van der Waals surface area contributed by atoms with Crippen LogP contribution in [0.5, 0.6) is 0 Å². The van der Waals surface area contributed by atoms with Crippen LogP contribution in [0.4, 0.5) is 0 Å². The molecule has 108 valence electrons. The highest BCUT2D eigenvalue weighted by Crippen LogP contribution is 2.16. The Kier molecular flexibility index (Phi) is 7.11. The van der Waals surface area contributed by atoms with Crippen LogP contribution >= 0.6 is 0 Å². The van der Waals surface area contributed by atoms with Crippen LogP contribution in [0.25, 0.3) is 0 Å². The Hall–Kier alpha value is -0.860. The Bertz CT molecular complexity index is 345. The maximum atomic E-state index is 5.71. The molecule has 2 nitrogen and oxygen atoms in total. The van der Waals surface area contributed by atoms with Gasteiger partial charge in [0.05, 0.1) is 0 Å². The van der Waals surface area contributed by atoms with E-state index in [-0.39, 0.29) is 0 Å². The van der Waals surface area contributed by atoms with Crippen LogP contribution in [0.2, 0.25) is 0 Å². The van der Waals surface area contributed by atoms with E-state index in [1.54, 1.807) is 0 Å². The van der Waals surface area contributed by atoms with E-state index in [0.717, 1.165) is 19.0 Å². The van der Waals surface area contributed by atoms with Gasteiger partial charge in [0.2, 0.25) is 0 Å². The summed E-state index contributed by atoms with van der Waals surface area (Å²) in [4.78, 5) is 2.52. The summed E-state index contributed by atoms with van der Waals surface area (Å²) in [7, 11) is 0. The second-order valence-corrected chi connectivity index (χ2v) is 5.72. The molecule has 2 heteroatoms. The van der Waals surface area contributed by atoms with Gasteiger partial charge in [-0.2, -0.15) is 0 Å². The molecule has 0 aliphatic heterocycles. The fourth-order valence-electron chi connectivity index (χ4n) is 2.22. The molecule has 0 saturated heterocycles. The van der Waals surface area contributed by atoms with Crippen molar-refractivity contribution >= 4 is 0 Å².